The minimum atomic E-state index is -3.80. The Morgan fingerprint density at radius 1 is 1.15 bits per heavy atom. The zero-order valence-electron chi connectivity index (χ0n) is 19.8. The molecule has 1 N–H and O–H groups in total. The van der Waals surface area contributed by atoms with Crippen LogP contribution < -0.4 is 14.4 Å². The summed E-state index contributed by atoms with van der Waals surface area (Å²) in [5, 5.41) is 0. The molecular formula is C26H29N3O4S. The lowest BCUT2D eigenvalue weighted by Gasteiger charge is -2.37. The number of hydrogen-bond donors (Lipinski definition) is 1. The molecule has 3 aromatic rings. The van der Waals surface area contributed by atoms with Gasteiger partial charge < -0.3 is 9.64 Å². The van der Waals surface area contributed by atoms with E-state index in [1.807, 2.05) is 63.2 Å². The standard InChI is InChI=1S/C26H29N3O4S/c1-5-18-11-13-21(14-12-18)34(31,32)28-23-16-26(2,3)33-24-22(23)15-19(17-27-24)25(30)29(4)20-9-7-6-8-10-20/h6-15,17,23,28H,5,16H2,1-4H3/t23-/m0/s1. The first-order chi connectivity index (χ1) is 16.1. The summed E-state index contributed by atoms with van der Waals surface area (Å²) in [4.78, 5) is 19.2. The van der Waals surface area contributed by atoms with Gasteiger partial charge in [-0.15, -0.1) is 0 Å². The molecule has 0 saturated carbocycles. The Hall–Kier alpha value is -3.23. The molecule has 1 aliphatic heterocycles. The predicted molar refractivity (Wildman–Crippen MR) is 132 cm³/mol. The van der Waals surface area contributed by atoms with E-state index in [0.717, 1.165) is 17.7 Å². The predicted octanol–water partition coefficient (Wildman–Crippen LogP) is 4.50. The van der Waals surface area contributed by atoms with Gasteiger partial charge in [-0.1, -0.05) is 37.3 Å². The largest absolute Gasteiger partial charge is 0.471 e. The summed E-state index contributed by atoms with van der Waals surface area (Å²) < 4.78 is 35.2. The lowest BCUT2D eigenvalue weighted by atomic mass is 9.91. The molecule has 0 radical (unpaired) electrons. The fourth-order valence-electron chi connectivity index (χ4n) is 4.05. The first-order valence-corrected chi connectivity index (χ1v) is 12.7. The minimum absolute atomic E-state index is 0.194. The molecule has 0 fully saturated rings. The molecule has 0 saturated heterocycles. The van der Waals surface area contributed by atoms with Gasteiger partial charge in [0.05, 0.1) is 16.5 Å². The van der Waals surface area contributed by atoms with Gasteiger partial charge in [0.2, 0.25) is 15.9 Å². The summed E-state index contributed by atoms with van der Waals surface area (Å²) in [6.07, 6.45) is 2.69. The number of aromatic nitrogens is 1. The molecule has 0 aliphatic carbocycles. The summed E-state index contributed by atoms with van der Waals surface area (Å²) in [7, 11) is -2.11. The van der Waals surface area contributed by atoms with Crippen molar-refractivity contribution in [2.45, 2.75) is 50.2 Å². The van der Waals surface area contributed by atoms with Crippen molar-refractivity contribution in [3.05, 3.63) is 83.6 Å². The van der Waals surface area contributed by atoms with Crippen molar-refractivity contribution in [2.24, 2.45) is 0 Å². The molecule has 8 heteroatoms. The Morgan fingerprint density at radius 3 is 2.47 bits per heavy atom. The molecule has 0 spiro atoms. The lowest BCUT2D eigenvalue weighted by molar-refractivity contribution is 0.0640. The summed E-state index contributed by atoms with van der Waals surface area (Å²) >= 11 is 0. The van der Waals surface area contributed by atoms with E-state index in [9.17, 15) is 13.2 Å². The van der Waals surface area contributed by atoms with Gasteiger partial charge in [0.25, 0.3) is 5.91 Å². The Morgan fingerprint density at radius 2 is 1.82 bits per heavy atom. The number of nitrogens with one attached hydrogen (secondary N) is 1. The quantitative estimate of drug-likeness (QED) is 0.562. The second kappa shape index (κ2) is 9.19. The fraction of sp³-hybridized carbons (Fsp3) is 0.308. The highest BCUT2D eigenvalue weighted by Gasteiger charge is 2.37. The number of para-hydroxylation sites is 1. The highest BCUT2D eigenvalue weighted by molar-refractivity contribution is 7.89. The van der Waals surface area contributed by atoms with Gasteiger partial charge in [0.1, 0.15) is 5.60 Å². The number of rotatable bonds is 6. The van der Waals surface area contributed by atoms with Crippen molar-refractivity contribution in [3.63, 3.8) is 0 Å². The van der Waals surface area contributed by atoms with E-state index < -0.39 is 21.7 Å². The van der Waals surface area contributed by atoms with E-state index in [-0.39, 0.29) is 10.8 Å². The van der Waals surface area contributed by atoms with Gasteiger partial charge in [0.15, 0.2) is 0 Å². The third kappa shape index (κ3) is 4.98. The topological polar surface area (TPSA) is 88.6 Å². The third-order valence-electron chi connectivity index (χ3n) is 5.96. The van der Waals surface area contributed by atoms with Crippen LogP contribution in [0.1, 0.15) is 54.7 Å². The van der Waals surface area contributed by atoms with Crippen LogP contribution in [-0.4, -0.2) is 32.0 Å². The maximum atomic E-state index is 13.2. The normalized spacial score (nSPS) is 16.9. The van der Waals surface area contributed by atoms with Crippen LogP contribution in [0.5, 0.6) is 5.88 Å². The smallest absolute Gasteiger partial charge is 0.259 e. The van der Waals surface area contributed by atoms with Crippen LogP contribution >= 0.6 is 0 Å². The fourth-order valence-corrected chi connectivity index (χ4v) is 5.27. The van der Waals surface area contributed by atoms with Crippen molar-refractivity contribution >= 4 is 21.6 Å². The van der Waals surface area contributed by atoms with Gasteiger partial charge in [-0.05, 0) is 56.2 Å². The van der Waals surface area contributed by atoms with Crippen LogP contribution in [0, 0.1) is 0 Å². The van der Waals surface area contributed by atoms with Crippen molar-refractivity contribution in [3.8, 4) is 5.88 Å². The van der Waals surface area contributed by atoms with Gasteiger partial charge in [0, 0.05) is 30.9 Å². The number of benzene rings is 2. The molecule has 1 atom stereocenters. The molecule has 7 nitrogen and oxygen atoms in total. The van der Waals surface area contributed by atoms with Crippen LogP contribution in [0.2, 0.25) is 0 Å². The van der Waals surface area contributed by atoms with Gasteiger partial charge in [-0.2, -0.15) is 0 Å². The molecule has 0 unspecified atom stereocenters. The maximum absolute atomic E-state index is 13.2. The Balaban J connectivity index is 1.67. The molecule has 4 rings (SSSR count). The lowest BCUT2D eigenvalue weighted by Crippen LogP contribution is -2.42. The maximum Gasteiger partial charge on any atom is 0.259 e. The number of carbonyl (C=O) groups excluding carboxylic acids is 1. The van der Waals surface area contributed by atoms with Crippen molar-refractivity contribution in [1.29, 1.82) is 0 Å². The third-order valence-corrected chi connectivity index (χ3v) is 7.44. The zero-order chi connectivity index (χ0) is 24.5. The highest BCUT2D eigenvalue weighted by atomic mass is 32.2. The van der Waals surface area contributed by atoms with E-state index in [0.29, 0.717) is 23.4 Å². The highest BCUT2D eigenvalue weighted by Crippen LogP contribution is 2.39. The van der Waals surface area contributed by atoms with E-state index in [1.54, 1.807) is 25.2 Å². The second-order valence-corrected chi connectivity index (χ2v) is 10.8. The van der Waals surface area contributed by atoms with E-state index in [2.05, 4.69) is 9.71 Å². The van der Waals surface area contributed by atoms with Crippen LogP contribution in [0.4, 0.5) is 5.69 Å². The number of hydrogen-bond acceptors (Lipinski definition) is 5. The van der Waals surface area contributed by atoms with Gasteiger partial charge in [-0.3, -0.25) is 4.79 Å². The summed E-state index contributed by atoms with van der Waals surface area (Å²) in [6, 6.07) is 17.2. The Labute approximate surface area is 200 Å². The van der Waals surface area contributed by atoms with Crippen molar-refractivity contribution in [2.75, 3.05) is 11.9 Å². The summed E-state index contributed by atoms with van der Waals surface area (Å²) in [5.74, 6) is 0.0762. The van der Waals surface area contributed by atoms with Crippen LogP contribution in [0.25, 0.3) is 0 Å². The zero-order valence-corrected chi connectivity index (χ0v) is 20.6. The molecule has 1 amide bonds. The minimum Gasteiger partial charge on any atom is -0.471 e. The monoisotopic (exact) mass is 479 g/mol. The van der Waals surface area contributed by atoms with Crippen LogP contribution in [0.15, 0.2) is 71.8 Å². The number of sulfonamides is 1. The molecular weight excluding hydrogens is 450 g/mol. The molecule has 2 aromatic carbocycles. The van der Waals surface area contributed by atoms with Crippen LogP contribution in [0.3, 0.4) is 0 Å². The number of fused-ring (bicyclic) bond motifs is 1. The number of carbonyl (C=O) groups is 1. The van der Waals surface area contributed by atoms with E-state index in [1.165, 1.54) is 11.1 Å². The van der Waals surface area contributed by atoms with Gasteiger partial charge >= 0.3 is 0 Å². The summed E-state index contributed by atoms with van der Waals surface area (Å²) in [6.45, 7) is 5.79. The van der Waals surface area contributed by atoms with Crippen molar-refractivity contribution in [1.82, 2.24) is 9.71 Å². The average molecular weight is 480 g/mol. The Bertz CT molecular complexity index is 1290. The number of anilines is 1. The summed E-state index contributed by atoms with van der Waals surface area (Å²) in [5.41, 5.74) is 2.07. The van der Waals surface area contributed by atoms with Gasteiger partial charge in [-0.25, -0.2) is 18.1 Å². The van der Waals surface area contributed by atoms with Crippen LogP contribution in [-0.2, 0) is 16.4 Å². The average Bonchev–Trinajstić information content (AvgIpc) is 2.82. The van der Waals surface area contributed by atoms with E-state index in [4.69, 9.17) is 4.74 Å². The molecule has 178 valence electrons. The molecule has 2 heterocycles. The SMILES string of the molecule is CCc1ccc(S(=O)(=O)N[C@H]2CC(C)(C)Oc3ncc(C(=O)N(C)c4ccccc4)cc32)cc1. The number of nitrogens with zero attached hydrogens (tertiary/aromatic N) is 2. The second-order valence-electron chi connectivity index (χ2n) is 9.06. The number of amides is 1. The number of ether oxygens (including phenoxy) is 1. The number of pyridine rings is 1. The Kier molecular flexibility index (Phi) is 6.47. The molecule has 1 aromatic heterocycles. The first-order valence-electron chi connectivity index (χ1n) is 11.2. The van der Waals surface area contributed by atoms with Crippen molar-refractivity contribution < 1.29 is 17.9 Å². The number of aryl methyl sites for hydroxylation is 1. The van der Waals surface area contributed by atoms with E-state index >= 15 is 0 Å². The molecule has 34 heavy (non-hydrogen) atoms. The molecule has 1 aliphatic rings. The first kappa shape index (κ1) is 23.9. The molecule has 0 bridgehead atoms.